The van der Waals surface area contributed by atoms with Crippen LogP contribution in [0.1, 0.15) is 60.8 Å². The maximum absolute atomic E-state index is 2.43. The van der Waals surface area contributed by atoms with Crippen molar-refractivity contribution in [1.82, 2.24) is 4.90 Å². The number of hydrogen-bond donors (Lipinski definition) is 0. The molecule has 1 nitrogen and oxygen atoms in total. The van der Waals surface area contributed by atoms with E-state index in [1.165, 1.54) is 30.4 Å². The molecule has 0 aromatic rings. The molecule has 0 amide bonds. The molecule has 0 radical (unpaired) electrons. The van der Waals surface area contributed by atoms with E-state index >= 15 is 0 Å². The Morgan fingerprint density at radius 3 is 2.25 bits per heavy atom. The third-order valence-corrected chi connectivity index (χ3v) is 3.70. The first-order chi connectivity index (χ1) is 9.49. The normalized spacial score (nSPS) is 14.1. The van der Waals surface area contributed by atoms with Crippen molar-refractivity contribution < 1.29 is 0 Å². The van der Waals surface area contributed by atoms with Gasteiger partial charge in [-0.2, -0.15) is 0 Å². The van der Waals surface area contributed by atoms with Gasteiger partial charge in [0.25, 0.3) is 0 Å². The third-order valence-electron chi connectivity index (χ3n) is 3.70. The summed E-state index contributed by atoms with van der Waals surface area (Å²) in [7, 11) is 0. The molecule has 116 valence electrons. The highest BCUT2D eigenvalue weighted by molar-refractivity contribution is 5.16. The minimum absolute atomic E-state index is 0.775. The highest BCUT2D eigenvalue weighted by atomic mass is 15.1. The fraction of sp³-hybridized carbons (Fsp3) is 0.684. The number of hydrogen-bond acceptors (Lipinski definition) is 1. The van der Waals surface area contributed by atoms with Crippen LogP contribution in [0.4, 0.5) is 0 Å². The van der Waals surface area contributed by atoms with Gasteiger partial charge in [0.15, 0.2) is 0 Å². The maximum atomic E-state index is 2.43. The van der Waals surface area contributed by atoms with Crippen LogP contribution < -0.4 is 0 Å². The molecule has 1 heteroatoms. The second kappa shape index (κ2) is 12.0. The first-order valence-corrected chi connectivity index (χ1v) is 8.18. The van der Waals surface area contributed by atoms with E-state index in [1.54, 1.807) is 0 Å². The molecule has 0 aliphatic carbocycles. The maximum Gasteiger partial charge on any atom is 0.0168 e. The zero-order valence-electron chi connectivity index (χ0n) is 14.6. The molecule has 0 bridgehead atoms. The third kappa shape index (κ3) is 11.0. The fourth-order valence-electron chi connectivity index (χ4n) is 2.08. The van der Waals surface area contributed by atoms with Gasteiger partial charge in [0, 0.05) is 6.54 Å². The van der Waals surface area contributed by atoms with E-state index in [2.05, 4.69) is 70.7 Å². The summed E-state index contributed by atoms with van der Waals surface area (Å²) < 4.78 is 0. The Labute approximate surface area is 127 Å². The molecule has 0 aliphatic heterocycles. The summed E-state index contributed by atoms with van der Waals surface area (Å²) in [5, 5.41) is 0. The second-order valence-corrected chi connectivity index (χ2v) is 6.04. The van der Waals surface area contributed by atoms with Gasteiger partial charge in [0.2, 0.25) is 0 Å². The van der Waals surface area contributed by atoms with Gasteiger partial charge < -0.3 is 4.90 Å². The molecule has 1 atom stereocenters. The largest absolute Gasteiger partial charge is 0.300 e. The van der Waals surface area contributed by atoms with Crippen LogP contribution in [-0.2, 0) is 0 Å². The van der Waals surface area contributed by atoms with Gasteiger partial charge in [-0.15, -0.1) is 0 Å². The smallest absolute Gasteiger partial charge is 0.0168 e. The Balaban J connectivity index is 3.98. The lowest BCUT2D eigenvalue weighted by molar-refractivity contribution is 0.337. The van der Waals surface area contributed by atoms with Crippen LogP contribution in [0.15, 0.2) is 35.5 Å². The lowest BCUT2D eigenvalue weighted by Gasteiger charge is -2.15. The molecular formula is C19H35N. The Kier molecular flexibility index (Phi) is 11.5. The monoisotopic (exact) mass is 277 g/mol. The van der Waals surface area contributed by atoms with Crippen LogP contribution in [0.25, 0.3) is 0 Å². The summed E-state index contributed by atoms with van der Waals surface area (Å²) in [5.74, 6) is 0.775. The van der Waals surface area contributed by atoms with E-state index in [1.807, 2.05) is 0 Å². The lowest BCUT2D eigenvalue weighted by Crippen LogP contribution is -2.22. The summed E-state index contributed by atoms with van der Waals surface area (Å²) in [5.41, 5.74) is 2.82. The Hall–Kier alpha value is -0.820. The second-order valence-electron chi connectivity index (χ2n) is 6.04. The Morgan fingerprint density at radius 1 is 1.05 bits per heavy atom. The average Bonchev–Trinajstić information content (AvgIpc) is 2.39. The van der Waals surface area contributed by atoms with E-state index in [0.717, 1.165) is 25.6 Å². The zero-order valence-corrected chi connectivity index (χ0v) is 14.6. The van der Waals surface area contributed by atoms with Crippen molar-refractivity contribution in [2.75, 3.05) is 19.6 Å². The first-order valence-electron chi connectivity index (χ1n) is 8.18. The zero-order chi connectivity index (χ0) is 15.4. The van der Waals surface area contributed by atoms with Crippen LogP contribution in [0.3, 0.4) is 0 Å². The van der Waals surface area contributed by atoms with E-state index in [4.69, 9.17) is 0 Å². The van der Waals surface area contributed by atoms with Crippen LogP contribution in [-0.4, -0.2) is 24.5 Å². The predicted molar refractivity (Wildman–Crippen MR) is 93.1 cm³/mol. The number of allylic oxidation sites excluding steroid dienone is 5. The van der Waals surface area contributed by atoms with Crippen molar-refractivity contribution in [2.45, 2.75) is 60.8 Å². The van der Waals surface area contributed by atoms with Crippen molar-refractivity contribution in [3.8, 4) is 0 Å². The molecule has 0 rings (SSSR count). The van der Waals surface area contributed by atoms with E-state index < -0.39 is 0 Å². The lowest BCUT2D eigenvalue weighted by atomic mass is 10.0. The van der Waals surface area contributed by atoms with Gasteiger partial charge >= 0.3 is 0 Å². The van der Waals surface area contributed by atoms with Gasteiger partial charge in [-0.05, 0) is 59.0 Å². The van der Waals surface area contributed by atoms with Gasteiger partial charge in [-0.25, -0.2) is 0 Å². The number of nitrogens with zero attached hydrogens (tertiary/aromatic N) is 1. The molecule has 0 heterocycles. The molecule has 0 N–H and O–H groups in total. The highest BCUT2D eigenvalue weighted by Gasteiger charge is 1.98. The molecule has 1 unspecified atom stereocenters. The molecule has 20 heavy (non-hydrogen) atoms. The molecule has 0 saturated carbocycles. The number of rotatable bonds is 10. The standard InChI is InChI=1S/C19H35N/c1-7-20(8-2)16-15-19(6)14-10-13-18(5)12-9-11-17(3)4/h10-11,14-15,18H,7-9,12-13,16H2,1-6H3. The summed E-state index contributed by atoms with van der Waals surface area (Å²) in [6.45, 7) is 16.7. The Morgan fingerprint density at radius 2 is 1.70 bits per heavy atom. The van der Waals surface area contributed by atoms with Crippen molar-refractivity contribution in [1.29, 1.82) is 0 Å². The fourth-order valence-corrected chi connectivity index (χ4v) is 2.08. The van der Waals surface area contributed by atoms with Gasteiger partial charge in [-0.1, -0.05) is 56.2 Å². The van der Waals surface area contributed by atoms with E-state index in [9.17, 15) is 0 Å². The van der Waals surface area contributed by atoms with Crippen molar-refractivity contribution >= 4 is 0 Å². The summed E-state index contributed by atoms with van der Waals surface area (Å²) >= 11 is 0. The van der Waals surface area contributed by atoms with Gasteiger partial charge in [0.05, 0.1) is 0 Å². The summed E-state index contributed by atoms with van der Waals surface area (Å²) in [6.07, 6.45) is 13.0. The van der Waals surface area contributed by atoms with Crippen molar-refractivity contribution in [3.05, 3.63) is 35.5 Å². The highest BCUT2D eigenvalue weighted by Crippen LogP contribution is 2.13. The summed E-state index contributed by atoms with van der Waals surface area (Å²) in [6, 6.07) is 0. The summed E-state index contributed by atoms with van der Waals surface area (Å²) in [4.78, 5) is 2.43. The first kappa shape index (κ1) is 19.2. The predicted octanol–water partition coefficient (Wildman–Crippen LogP) is 5.60. The Bertz CT molecular complexity index is 315. The molecule has 0 aromatic heterocycles. The van der Waals surface area contributed by atoms with Crippen LogP contribution >= 0.6 is 0 Å². The molecule has 0 fully saturated rings. The van der Waals surface area contributed by atoms with Gasteiger partial charge in [0.1, 0.15) is 0 Å². The minimum atomic E-state index is 0.775. The quantitative estimate of drug-likeness (QED) is 0.371. The van der Waals surface area contributed by atoms with Gasteiger partial charge in [-0.3, -0.25) is 0 Å². The molecular weight excluding hydrogens is 242 g/mol. The SMILES string of the molecule is CCN(CC)CC=C(C)C=CCC(C)CCC=C(C)C. The molecule has 0 aliphatic rings. The van der Waals surface area contributed by atoms with E-state index in [0.29, 0.717) is 0 Å². The van der Waals surface area contributed by atoms with Crippen molar-refractivity contribution in [3.63, 3.8) is 0 Å². The van der Waals surface area contributed by atoms with Crippen LogP contribution in [0, 0.1) is 5.92 Å². The average molecular weight is 277 g/mol. The molecule has 0 aromatic carbocycles. The molecule has 0 spiro atoms. The van der Waals surface area contributed by atoms with E-state index in [-0.39, 0.29) is 0 Å². The topological polar surface area (TPSA) is 3.24 Å². The van der Waals surface area contributed by atoms with Crippen LogP contribution in [0.2, 0.25) is 0 Å². The van der Waals surface area contributed by atoms with Crippen molar-refractivity contribution in [2.24, 2.45) is 5.92 Å². The van der Waals surface area contributed by atoms with Crippen LogP contribution in [0.5, 0.6) is 0 Å². The minimum Gasteiger partial charge on any atom is -0.300 e. The number of likely N-dealkylation sites (N-methyl/N-ethyl adjacent to an activating group) is 1. The molecule has 0 saturated heterocycles.